The van der Waals surface area contributed by atoms with E-state index in [9.17, 15) is 43.2 Å². The van der Waals surface area contributed by atoms with Crippen LogP contribution < -0.4 is 0 Å². The maximum Gasteiger partial charge on any atom is 0.472 e. The fourth-order valence-electron chi connectivity index (χ4n) is 12.9. The molecular weight excluding hydrogens is 1330 g/mol. The normalized spacial score (nSPS) is 13.9. The number of hydrogen-bond donors (Lipinski definition) is 3. The van der Waals surface area contributed by atoms with E-state index in [-0.39, 0.29) is 25.7 Å². The van der Waals surface area contributed by atoms with E-state index in [1.807, 2.05) is 0 Å². The summed E-state index contributed by atoms with van der Waals surface area (Å²) in [6.45, 7) is 9.70. The van der Waals surface area contributed by atoms with Crippen molar-refractivity contribution in [3.63, 3.8) is 0 Å². The van der Waals surface area contributed by atoms with Crippen LogP contribution in [0.5, 0.6) is 0 Å². The maximum atomic E-state index is 13.1. The third-order valence-corrected chi connectivity index (χ3v) is 21.4. The lowest BCUT2D eigenvalue weighted by molar-refractivity contribution is -0.161. The van der Waals surface area contributed by atoms with E-state index in [1.54, 1.807) is 0 Å². The minimum atomic E-state index is -4.96. The quantitative estimate of drug-likeness (QED) is 0.0222. The molecule has 17 nitrogen and oxygen atoms in total. The Labute approximate surface area is 626 Å². The van der Waals surface area contributed by atoms with E-state index in [4.69, 9.17) is 37.0 Å². The highest BCUT2D eigenvalue weighted by atomic mass is 31.2. The van der Waals surface area contributed by atoms with Crippen LogP contribution in [0.15, 0.2) is 0 Å². The molecular formula is C83H162O17P2. The second kappa shape index (κ2) is 74.5. The highest BCUT2D eigenvalue weighted by molar-refractivity contribution is 7.47. The van der Waals surface area contributed by atoms with Crippen molar-refractivity contribution in [3.8, 4) is 0 Å². The Kier molecular flexibility index (Phi) is 73.1. The van der Waals surface area contributed by atoms with Crippen LogP contribution in [0.3, 0.4) is 0 Å². The zero-order chi connectivity index (χ0) is 74.9. The molecule has 3 N–H and O–H groups in total. The van der Waals surface area contributed by atoms with Gasteiger partial charge in [0.15, 0.2) is 12.2 Å². The van der Waals surface area contributed by atoms with Crippen molar-refractivity contribution in [1.82, 2.24) is 0 Å². The van der Waals surface area contributed by atoms with E-state index < -0.39 is 97.5 Å². The summed E-state index contributed by atoms with van der Waals surface area (Å²) in [6, 6.07) is 0. The highest BCUT2D eigenvalue weighted by Gasteiger charge is 2.30. The summed E-state index contributed by atoms with van der Waals surface area (Å²) >= 11 is 0. The summed E-state index contributed by atoms with van der Waals surface area (Å²) in [4.78, 5) is 73.1. The minimum Gasteiger partial charge on any atom is -0.462 e. The van der Waals surface area contributed by atoms with Gasteiger partial charge in [-0.05, 0) is 37.5 Å². The molecule has 0 aromatic carbocycles. The van der Waals surface area contributed by atoms with Crippen molar-refractivity contribution in [2.75, 3.05) is 39.6 Å². The molecule has 2 unspecified atom stereocenters. The van der Waals surface area contributed by atoms with Crippen LogP contribution in [0.2, 0.25) is 0 Å². The molecule has 0 fully saturated rings. The van der Waals surface area contributed by atoms with Crippen molar-refractivity contribution in [1.29, 1.82) is 0 Å². The number of carbonyl (C=O) groups excluding carboxylic acids is 4. The minimum absolute atomic E-state index is 0.107. The molecule has 102 heavy (non-hydrogen) atoms. The van der Waals surface area contributed by atoms with Crippen LogP contribution in [-0.4, -0.2) is 96.7 Å². The van der Waals surface area contributed by atoms with Gasteiger partial charge in [0.25, 0.3) is 0 Å². The predicted octanol–water partition coefficient (Wildman–Crippen LogP) is 25.1. The largest absolute Gasteiger partial charge is 0.472 e. The van der Waals surface area contributed by atoms with Gasteiger partial charge in [0.2, 0.25) is 0 Å². The van der Waals surface area contributed by atoms with E-state index in [0.29, 0.717) is 25.7 Å². The van der Waals surface area contributed by atoms with Crippen molar-refractivity contribution >= 4 is 39.5 Å². The van der Waals surface area contributed by atoms with Crippen molar-refractivity contribution < 1.29 is 80.2 Å². The molecule has 0 spiro atoms. The Morgan fingerprint density at radius 3 is 0.667 bits per heavy atom. The second-order valence-electron chi connectivity index (χ2n) is 30.8. The fraction of sp³-hybridized carbons (Fsp3) is 0.952. The van der Waals surface area contributed by atoms with Gasteiger partial charge in [-0.25, -0.2) is 9.13 Å². The standard InChI is InChI=1S/C83H162O17P2/c1-7-9-11-13-15-17-19-21-22-26-29-36-42-48-54-60-66-81(86)94-72-79(99-82(87)67-61-55-49-43-37-30-27-24-23-25-28-33-39-45-51-57-63-75(3)4)74-98-102(91,92)96-70-77(84)69-95-101(89,90)97-73-78(71-93-80(85)65-59-53-47-41-35-20-18-16-14-12-10-8-2)100-83(88)68-62-56-50-44-38-32-31-34-40-46-52-58-64-76(5)6/h75-79,84H,7-74H2,1-6H3,(H,89,90)(H,91,92)/t77-,78+,79+/m0/s1. The lowest BCUT2D eigenvalue weighted by Gasteiger charge is -2.21. The average molecular weight is 1490 g/mol. The van der Waals surface area contributed by atoms with Crippen molar-refractivity contribution in [2.45, 2.75) is 458 Å². The third-order valence-electron chi connectivity index (χ3n) is 19.5. The second-order valence-corrected chi connectivity index (χ2v) is 33.7. The van der Waals surface area contributed by atoms with Crippen LogP contribution in [0.1, 0.15) is 440 Å². The molecule has 606 valence electrons. The number of phosphoric ester groups is 2. The Morgan fingerprint density at radius 2 is 0.451 bits per heavy atom. The van der Waals surface area contributed by atoms with E-state index in [1.165, 1.54) is 257 Å². The maximum absolute atomic E-state index is 13.1. The molecule has 0 amide bonds. The van der Waals surface area contributed by atoms with Crippen molar-refractivity contribution in [2.24, 2.45) is 11.8 Å². The lowest BCUT2D eigenvalue weighted by Crippen LogP contribution is -2.30. The SMILES string of the molecule is CCCCCCCCCCCCCCCCCCC(=O)OC[C@H](COP(=O)(O)OC[C@@H](O)COP(=O)(O)OC[C@@H](COC(=O)CCCCCCCCCCCCCC)OC(=O)CCCCCCCCCCCCCCC(C)C)OC(=O)CCCCCCCCCCCCCCCCCCC(C)C. The molecule has 0 aliphatic rings. The summed E-state index contributed by atoms with van der Waals surface area (Å²) < 4.78 is 68.8. The summed E-state index contributed by atoms with van der Waals surface area (Å²) in [5.41, 5.74) is 0. The Morgan fingerprint density at radius 1 is 0.265 bits per heavy atom. The molecule has 0 aliphatic heterocycles. The molecule has 0 aromatic heterocycles. The monoisotopic (exact) mass is 1490 g/mol. The van der Waals surface area contributed by atoms with E-state index in [2.05, 4.69) is 41.5 Å². The zero-order valence-corrected chi connectivity index (χ0v) is 68.7. The van der Waals surface area contributed by atoms with E-state index >= 15 is 0 Å². The van der Waals surface area contributed by atoms with Gasteiger partial charge in [0.05, 0.1) is 26.4 Å². The first-order valence-corrected chi connectivity index (χ1v) is 46.0. The predicted molar refractivity (Wildman–Crippen MR) is 418 cm³/mol. The summed E-state index contributed by atoms with van der Waals surface area (Å²) in [5.74, 6) is -0.517. The number of rotatable bonds is 82. The van der Waals surface area contributed by atoms with Crippen LogP contribution in [0.25, 0.3) is 0 Å². The zero-order valence-electron chi connectivity index (χ0n) is 66.9. The molecule has 0 bridgehead atoms. The Bertz CT molecular complexity index is 1960. The molecule has 0 aromatic rings. The molecule has 0 rings (SSSR count). The van der Waals surface area contributed by atoms with E-state index in [0.717, 1.165) is 102 Å². The number of esters is 4. The van der Waals surface area contributed by atoms with Gasteiger partial charge in [0, 0.05) is 25.7 Å². The molecule has 19 heteroatoms. The van der Waals surface area contributed by atoms with Gasteiger partial charge < -0.3 is 33.8 Å². The van der Waals surface area contributed by atoms with Crippen LogP contribution in [0.4, 0.5) is 0 Å². The van der Waals surface area contributed by atoms with Crippen LogP contribution in [0, 0.1) is 11.8 Å². The number of phosphoric acid groups is 2. The first kappa shape index (κ1) is 100. The lowest BCUT2D eigenvalue weighted by atomic mass is 10.0. The van der Waals surface area contributed by atoms with Gasteiger partial charge >= 0.3 is 39.5 Å². The smallest absolute Gasteiger partial charge is 0.462 e. The Balaban J connectivity index is 5.26. The number of ether oxygens (including phenoxy) is 4. The number of aliphatic hydroxyl groups excluding tert-OH is 1. The molecule has 0 saturated carbocycles. The van der Waals surface area contributed by atoms with Crippen LogP contribution in [-0.2, 0) is 65.4 Å². The average Bonchev–Trinajstić information content (AvgIpc) is 0.919. The molecule has 0 saturated heterocycles. The van der Waals surface area contributed by atoms with Gasteiger partial charge in [-0.1, -0.05) is 388 Å². The number of carbonyl (C=O) groups is 4. The van der Waals surface area contributed by atoms with Gasteiger partial charge in [-0.3, -0.25) is 37.3 Å². The summed E-state index contributed by atoms with van der Waals surface area (Å²) in [5, 5.41) is 10.7. The summed E-state index contributed by atoms with van der Waals surface area (Å²) in [6.07, 6.45) is 65.1. The first-order chi connectivity index (χ1) is 49.4. The number of unbranched alkanes of at least 4 members (excludes halogenated alkanes) is 52. The molecule has 0 radical (unpaired) electrons. The third kappa shape index (κ3) is 76.3. The van der Waals surface area contributed by atoms with Gasteiger partial charge in [-0.15, -0.1) is 0 Å². The van der Waals surface area contributed by atoms with Gasteiger partial charge in [-0.2, -0.15) is 0 Å². The van der Waals surface area contributed by atoms with Gasteiger partial charge in [0.1, 0.15) is 19.3 Å². The summed E-state index contributed by atoms with van der Waals surface area (Å²) in [7, 11) is -9.92. The number of aliphatic hydroxyl groups is 1. The highest BCUT2D eigenvalue weighted by Crippen LogP contribution is 2.45. The number of hydrogen-bond acceptors (Lipinski definition) is 15. The molecule has 0 heterocycles. The van der Waals surface area contributed by atoms with Crippen LogP contribution >= 0.6 is 15.6 Å². The molecule has 5 atom stereocenters. The Hall–Kier alpha value is -1.94. The fourth-order valence-corrected chi connectivity index (χ4v) is 14.5. The molecule has 0 aliphatic carbocycles. The van der Waals surface area contributed by atoms with Crippen molar-refractivity contribution in [3.05, 3.63) is 0 Å². The topological polar surface area (TPSA) is 237 Å². The first-order valence-electron chi connectivity index (χ1n) is 43.0.